The number of hydrogen-bond acceptors (Lipinski definition) is 4. The normalized spacial score (nSPS) is 26.1. The highest BCUT2D eigenvalue weighted by Crippen LogP contribution is 2.33. The van der Waals surface area contributed by atoms with E-state index in [9.17, 15) is 18.3 Å². The molecule has 5 nitrogen and oxygen atoms in total. The summed E-state index contributed by atoms with van der Waals surface area (Å²) in [6.07, 6.45) is -5.30. The molecule has 0 amide bonds. The second kappa shape index (κ2) is 4.13. The predicted molar refractivity (Wildman–Crippen MR) is 58.8 cm³/mol. The Labute approximate surface area is 102 Å². The minimum Gasteiger partial charge on any atom is -0.372 e. The molecule has 8 heteroatoms. The lowest BCUT2D eigenvalue weighted by atomic mass is 10.3. The van der Waals surface area contributed by atoms with Gasteiger partial charge in [-0.05, 0) is 14.0 Å². The number of alkyl halides is 3. The molecule has 0 aromatic carbocycles. The van der Waals surface area contributed by atoms with Gasteiger partial charge in [-0.15, -0.1) is 0 Å². The maximum absolute atomic E-state index is 12.6. The van der Waals surface area contributed by atoms with Crippen LogP contribution >= 0.6 is 0 Å². The maximum atomic E-state index is 12.6. The van der Waals surface area contributed by atoms with E-state index in [1.165, 1.54) is 11.9 Å². The van der Waals surface area contributed by atoms with Crippen molar-refractivity contribution in [2.45, 2.75) is 25.4 Å². The molecular formula is C10H15F3N4O. The van der Waals surface area contributed by atoms with E-state index in [-0.39, 0.29) is 11.9 Å². The summed E-state index contributed by atoms with van der Waals surface area (Å²) in [7, 11) is 3.03. The van der Waals surface area contributed by atoms with Gasteiger partial charge in [-0.3, -0.25) is 9.58 Å². The summed E-state index contributed by atoms with van der Waals surface area (Å²) in [5.74, 6) is 0.133. The van der Waals surface area contributed by atoms with Crippen molar-refractivity contribution < 1.29 is 18.3 Å². The Bertz CT molecular complexity index is 445. The number of likely N-dealkylation sites (N-methyl/N-ethyl adjacent to an activating group) is 1. The number of halogens is 3. The van der Waals surface area contributed by atoms with Gasteiger partial charge in [-0.1, -0.05) is 0 Å². The fourth-order valence-electron chi connectivity index (χ4n) is 2.01. The summed E-state index contributed by atoms with van der Waals surface area (Å²) in [5, 5.41) is 13.8. The summed E-state index contributed by atoms with van der Waals surface area (Å²) in [6.45, 7) is 2.15. The molecule has 1 aliphatic rings. The van der Waals surface area contributed by atoms with E-state index in [2.05, 4.69) is 5.10 Å². The van der Waals surface area contributed by atoms with Gasteiger partial charge in [-0.2, -0.15) is 18.3 Å². The zero-order valence-electron chi connectivity index (χ0n) is 10.3. The van der Waals surface area contributed by atoms with E-state index < -0.39 is 18.1 Å². The highest BCUT2D eigenvalue weighted by Gasteiger charge is 2.39. The van der Waals surface area contributed by atoms with Crippen LogP contribution in [0.2, 0.25) is 0 Å². The van der Waals surface area contributed by atoms with E-state index in [1.807, 2.05) is 4.90 Å². The first-order valence-corrected chi connectivity index (χ1v) is 5.48. The highest BCUT2D eigenvalue weighted by atomic mass is 19.4. The molecule has 1 aromatic rings. The first-order chi connectivity index (χ1) is 8.21. The third-order valence-corrected chi connectivity index (χ3v) is 3.27. The molecule has 1 aliphatic heterocycles. The van der Waals surface area contributed by atoms with Gasteiger partial charge in [0.05, 0.1) is 12.7 Å². The van der Waals surface area contributed by atoms with E-state index in [0.717, 1.165) is 10.7 Å². The summed E-state index contributed by atoms with van der Waals surface area (Å²) in [5.41, 5.74) is -0.827. The largest absolute Gasteiger partial charge is 0.433 e. The summed E-state index contributed by atoms with van der Waals surface area (Å²) in [6, 6.07) is 0.802. The summed E-state index contributed by atoms with van der Waals surface area (Å²) in [4.78, 5) is 3.28. The Balaban J connectivity index is 2.31. The minimum absolute atomic E-state index is 0.133. The molecular weight excluding hydrogens is 249 g/mol. The Morgan fingerprint density at radius 1 is 1.39 bits per heavy atom. The van der Waals surface area contributed by atoms with E-state index in [1.54, 1.807) is 14.0 Å². The molecule has 2 heterocycles. The molecule has 1 saturated heterocycles. The molecule has 1 aromatic heterocycles. The van der Waals surface area contributed by atoms with Crippen molar-refractivity contribution in [3.63, 3.8) is 0 Å². The van der Waals surface area contributed by atoms with Gasteiger partial charge in [0.1, 0.15) is 11.9 Å². The predicted octanol–water partition coefficient (Wildman–Crippen LogP) is 0.855. The number of aryl methyl sites for hydroxylation is 1. The number of rotatable bonds is 1. The first kappa shape index (κ1) is 13.2. The zero-order chi connectivity index (χ0) is 13.7. The molecule has 1 fully saturated rings. The van der Waals surface area contributed by atoms with Gasteiger partial charge in [0.15, 0.2) is 5.82 Å². The molecule has 0 bridgehead atoms. The van der Waals surface area contributed by atoms with Crippen molar-refractivity contribution in [2.24, 2.45) is 7.05 Å². The van der Waals surface area contributed by atoms with Crippen LogP contribution < -0.4 is 4.90 Å². The monoisotopic (exact) mass is 264 g/mol. The van der Waals surface area contributed by atoms with Crippen molar-refractivity contribution >= 4 is 5.82 Å². The number of aliphatic hydroxyl groups is 1. The lowest BCUT2D eigenvalue weighted by molar-refractivity contribution is -0.143. The fraction of sp³-hybridized carbons (Fsp3) is 0.700. The van der Waals surface area contributed by atoms with Crippen LogP contribution in [0.4, 0.5) is 19.0 Å². The lowest BCUT2D eigenvalue weighted by Crippen LogP contribution is -2.34. The molecule has 18 heavy (non-hydrogen) atoms. The van der Waals surface area contributed by atoms with E-state index >= 15 is 0 Å². The van der Waals surface area contributed by atoms with Crippen molar-refractivity contribution in [3.05, 3.63) is 11.8 Å². The van der Waals surface area contributed by atoms with Crippen molar-refractivity contribution in [3.8, 4) is 0 Å². The molecule has 0 spiro atoms. The Kier molecular flexibility index (Phi) is 3.02. The standard InChI is InChI=1S/C10H15F3N4O/c1-6-9(18)17(5-15(6)2)8-4-7(10(11,12)13)16(3)14-8/h4,6,9,18H,5H2,1-3H3. The molecule has 2 atom stereocenters. The van der Waals surface area contributed by atoms with Gasteiger partial charge >= 0.3 is 6.18 Å². The second-order valence-corrected chi connectivity index (χ2v) is 4.53. The number of hydrogen-bond donors (Lipinski definition) is 1. The third-order valence-electron chi connectivity index (χ3n) is 3.27. The number of anilines is 1. The molecule has 2 rings (SSSR count). The van der Waals surface area contributed by atoms with Crippen LogP contribution in [0.1, 0.15) is 12.6 Å². The van der Waals surface area contributed by atoms with E-state index in [0.29, 0.717) is 6.67 Å². The van der Waals surface area contributed by atoms with Gasteiger partial charge < -0.3 is 10.0 Å². The molecule has 1 N–H and O–H groups in total. The van der Waals surface area contributed by atoms with Gasteiger partial charge in [0, 0.05) is 13.1 Å². The average Bonchev–Trinajstić information content (AvgIpc) is 2.74. The van der Waals surface area contributed by atoms with Crippen LogP contribution in [0.25, 0.3) is 0 Å². The zero-order valence-corrected chi connectivity index (χ0v) is 10.3. The van der Waals surface area contributed by atoms with Crippen LogP contribution in [0, 0.1) is 0 Å². The van der Waals surface area contributed by atoms with Crippen molar-refractivity contribution in [1.29, 1.82) is 0 Å². The number of nitrogens with zero attached hydrogens (tertiary/aromatic N) is 4. The van der Waals surface area contributed by atoms with Gasteiger partial charge in [0.25, 0.3) is 0 Å². The smallest absolute Gasteiger partial charge is 0.372 e. The van der Waals surface area contributed by atoms with Gasteiger partial charge in [0.2, 0.25) is 0 Å². The molecule has 0 radical (unpaired) electrons. The Hall–Kier alpha value is -1.28. The number of aliphatic hydroxyl groups excluding tert-OH is 1. The lowest BCUT2D eigenvalue weighted by Gasteiger charge is -2.19. The highest BCUT2D eigenvalue weighted by molar-refractivity contribution is 5.42. The Morgan fingerprint density at radius 2 is 2.00 bits per heavy atom. The molecule has 2 unspecified atom stereocenters. The number of aromatic nitrogens is 2. The SMILES string of the molecule is CC1C(O)N(c2cc(C(F)(F)F)n(C)n2)CN1C. The van der Waals surface area contributed by atoms with Crippen molar-refractivity contribution in [2.75, 3.05) is 18.6 Å². The minimum atomic E-state index is -4.44. The topological polar surface area (TPSA) is 44.5 Å². The fourth-order valence-corrected chi connectivity index (χ4v) is 2.01. The van der Waals surface area contributed by atoms with Crippen LogP contribution in [-0.2, 0) is 13.2 Å². The van der Waals surface area contributed by atoms with Gasteiger partial charge in [-0.25, -0.2) is 0 Å². The van der Waals surface area contributed by atoms with Crippen LogP contribution in [0.3, 0.4) is 0 Å². The van der Waals surface area contributed by atoms with Crippen LogP contribution in [0.15, 0.2) is 6.07 Å². The first-order valence-electron chi connectivity index (χ1n) is 5.48. The maximum Gasteiger partial charge on any atom is 0.433 e. The molecule has 0 saturated carbocycles. The van der Waals surface area contributed by atoms with E-state index in [4.69, 9.17) is 0 Å². The Morgan fingerprint density at radius 3 is 2.39 bits per heavy atom. The van der Waals surface area contributed by atoms with Crippen LogP contribution in [-0.4, -0.2) is 45.8 Å². The molecule has 102 valence electrons. The summed E-state index contributed by atoms with van der Waals surface area (Å²) >= 11 is 0. The van der Waals surface area contributed by atoms with Crippen molar-refractivity contribution in [1.82, 2.24) is 14.7 Å². The summed E-state index contributed by atoms with van der Waals surface area (Å²) < 4.78 is 38.7. The molecule has 0 aliphatic carbocycles. The third kappa shape index (κ3) is 2.05. The average molecular weight is 264 g/mol. The second-order valence-electron chi connectivity index (χ2n) is 4.53. The quantitative estimate of drug-likeness (QED) is 0.817. The van der Waals surface area contributed by atoms with Crippen LogP contribution in [0.5, 0.6) is 0 Å².